The summed E-state index contributed by atoms with van der Waals surface area (Å²) in [6.45, 7) is 6.58. The Bertz CT molecular complexity index is 1090. The molecule has 1 unspecified atom stereocenters. The van der Waals surface area contributed by atoms with Crippen LogP contribution in [0.25, 0.3) is 0 Å². The molecule has 0 aliphatic rings. The van der Waals surface area contributed by atoms with Crippen LogP contribution in [0.3, 0.4) is 0 Å². The van der Waals surface area contributed by atoms with Crippen molar-refractivity contribution in [3.8, 4) is 0 Å². The van der Waals surface area contributed by atoms with E-state index in [1.165, 1.54) is 148 Å². The Hall–Kier alpha value is -2.63. The Morgan fingerprint density at radius 3 is 0.935 bits per heavy atom. The second-order valence-electron chi connectivity index (χ2n) is 17.9. The second-order valence-corrected chi connectivity index (χ2v) is 17.9. The number of unbranched alkanes of at least 4 members (excludes halogenated alkanes) is 32. The molecular formula is C56H100O6. The van der Waals surface area contributed by atoms with E-state index in [0.29, 0.717) is 19.3 Å². The molecule has 360 valence electrons. The van der Waals surface area contributed by atoms with E-state index in [1.54, 1.807) is 0 Å². The van der Waals surface area contributed by atoms with Crippen molar-refractivity contribution >= 4 is 17.9 Å². The Morgan fingerprint density at radius 1 is 0.323 bits per heavy atom. The van der Waals surface area contributed by atoms with Crippen LogP contribution in [-0.4, -0.2) is 37.2 Å². The SMILES string of the molecule is CCCCC\C=C/C=C\C=C/C=C\CCCCCCCC(=O)OCC(COC(=O)CCCCCCCCCCC)OC(=O)CCCCCCCCCCCCCCCCCCC. The fourth-order valence-electron chi connectivity index (χ4n) is 7.63. The Labute approximate surface area is 384 Å². The number of carbonyl (C=O) groups excluding carboxylic acids is 3. The lowest BCUT2D eigenvalue weighted by molar-refractivity contribution is -0.167. The molecule has 0 aromatic heterocycles. The maximum atomic E-state index is 12.8. The third kappa shape index (κ3) is 48.4. The van der Waals surface area contributed by atoms with Gasteiger partial charge in [-0.15, -0.1) is 0 Å². The zero-order valence-electron chi connectivity index (χ0n) is 41.1. The Kier molecular flexibility index (Phi) is 48.8. The highest BCUT2D eigenvalue weighted by molar-refractivity contribution is 5.71. The number of esters is 3. The van der Waals surface area contributed by atoms with E-state index < -0.39 is 6.10 Å². The van der Waals surface area contributed by atoms with Gasteiger partial charge in [-0.2, -0.15) is 0 Å². The van der Waals surface area contributed by atoms with Crippen LogP contribution in [0.2, 0.25) is 0 Å². The molecule has 0 bridgehead atoms. The zero-order valence-corrected chi connectivity index (χ0v) is 41.1. The standard InChI is InChI=1S/C56H100O6/c1-4-7-10-13-16-19-21-23-25-27-29-30-32-34-37-40-43-46-49-55(58)61-52-53(51-60-54(57)48-45-42-39-36-18-15-12-9-6-3)62-56(59)50-47-44-41-38-35-33-31-28-26-24-22-20-17-14-11-8-5-2/h16,19,21,23,25,27,29-30,53H,4-15,17-18,20,22,24,26,28,31-52H2,1-3H3/b19-16-,23-21-,27-25-,30-29-. The van der Waals surface area contributed by atoms with Gasteiger partial charge in [-0.1, -0.05) is 256 Å². The van der Waals surface area contributed by atoms with Gasteiger partial charge in [0.15, 0.2) is 6.10 Å². The van der Waals surface area contributed by atoms with E-state index in [9.17, 15) is 14.4 Å². The van der Waals surface area contributed by atoms with E-state index in [0.717, 1.165) is 83.5 Å². The van der Waals surface area contributed by atoms with Crippen LogP contribution in [0.5, 0.6) is 0 Å². The largest absolute Gasteiger partial charge is 0.462 e. The summed E-state index contributed by atoms with van der Waals surface area (Å²) in [5.41, 5.74) is 0. The lowest BCUT2D eigenvalue weighted by atomic mass is 10.0. The van der Waals surface area contributed by atoms with Gasteiger partial charge in [0.25, 0.3) is 0 Å². The molecule has 0 saturated carbocycles. The smallest absolute Gasteiger partial charge is 0.306 e. The molecule has 0 fully saturated rings. The van der Waals surface area contributed by atoms with Crippen LogP contribution < -0.4 is 0 Å². The first-order chi connectivity index (χ1) is 30.5. The minimum atomic E-state index is -0.777. The molecule has 0 aliphatic heterocycles. The van der Waals surface area contributed by atoms with Gasteiger partial charge in [-0.3, -0.25) is 14.4 Å². The van der Waals surface area contributed by atoms with Crippen molar-refractivity contribution in [2.24, 2.45) is 0 Å². The summed E-state index contributed by atoms with van der Waals surface area (Å²) in [7, 11) is 0. The Morgan fingerprint density at radius 2 is 0.581 bits per heavy atom. The van der Waals surface area contributed by atoms with Crippen molar-refractivity contribution in [1.82, 2.24) is 0 Å². The van der Waals surface area contributed by atoms with Gasteiger partial charge in [0.2, 0.25) is 0 Å². The summed E-state index contributed by atoms with van der Waals surface area (Å²) in [5.74, 6) is -0.893. The third-order valence-corrected chi connectivity index (χ3v) is 11.7. The van der Waals surface area contributed by atoms with Gasteiger partial charge >= 0.3 is 17.9 Å². The van der Waals surface area contributed by atoms with Gasteiger partial charge in [0.05, 0.1) is 0 Å². The summed E-state index contributed by atoms with van der Waals surface area (Å²) in [6, 6.07) is 0. The molecule has 0 amide bonds. The van der Waals surface area contributed by atoms with Crippen LogP contribution in [0.15, 0.2) is 48.6 Å². The molecular weight excluding hydrogens is 769 g/mol. The maximum Gasteiger partial charge on any atom is 0.306 e. The molecule has 0 rings (SSSR count). The van der Waals surface area contributed by atoms with Crippen LogP contribution in [0, 0.1) is 0 Å². The van der Waals surface area contributed by atoms with Crippen LogP contribution >= 0.6 is 0 Å². The third-order valence-electron chi connectivity index (χ3n) is 11.7. The molecule has 0 N–H and O–H groups in total. The quantitative estimate of drug-likeness (QED) is 0.0262. The number of carbonyl (C=O) groups is 3. The molecule has 0 aromatic rings. The fraction of sp³-hybridized carbons (Fsp3) is 0.804. The highest BCUT2D eigenvalue weighted by Crippen LogP contribution is 2.16. The van der Waals surface area contributed by atoms with Crippen molar-refractivity contribution in [2.45, 2.75) is 277 Å². The van der Waals surface area contributed by atoms with Gasteiger partial charge < -0.3 is 14.2 Å². The molecule has 0 heterocycles. The summed E-state index contributed by atoms with van der Waals surface area (Å²) in [5, 5.41) is 0. The predicted molar refractivity (Wildman–Crippen MR) is 265 cm³/mol. The summed E-state index contributed by atoms with van der Waals surface area (Å²) >= 11 is 0. The average molecular weight is 869 g/mol. The molecule has 6 nitrogen and oxygen atoms in total. The number of rotatable bonds is 48. The predicted octanol–water partition coefficient (Wildman–Crippen LogP) is 17.5. The van der Waals surface area contributed by atoms with Crippen LogP contribution in [-0.2, 0) is 28.6 Å². The van der Waals surface area contributed by atoms with Gasteiger partial charge in [-0.05, 0) is 44.9 Å². The zero-order chi connectivity index (χ0) is 45.1. The monoisotopic (exact) mass is 869 g/mol. The summed E-state index contributed by atoms with van der Waals surface area (Å²) in [6.07, 6.45) is 60.9. The lowest BCUT2D eigenvalue weighted by Crippen LogP contribution is -2.30. The average Bonchev–Trinajstić information content (AvgIpc) is 3.27. The molecule has 0 saturated heterocycles. The molecule has 6 heteroatoms. The molecule has 0 radical (unpaired) electrons. The molecule has 1 atom stereocenters. The van der Waals surface area contributed by atoms with Gasteiger partial charge in [0.1, 0.15) is 13.2 Å². The first-order valence-corrected chi connectivity index (χ1v) is 26.7. The first kappa shape index (κ1) is 59.4. The number of ether oxygens (including phenoxy) is 3. The van der Waals surface area contributed by atoms with Crippen molar-refractivity contribution in [3.05, 3.63) is 48.6 Å². The van der Waals surface area contributed by atoms with E-state index in [2.05, 4.69) is 69.4 Å². The van der Waals surface area contributed by atoms with Gasteiger partial charge in [0, 0.05) is 19.3 Å². The first-order valence-electron chi connectivity index (χ1n) is 26.7. The highest BCUT2D eigenvalue weighted by Gasteiger charge is 2.19. The van der Waals surface area contributed by atoms with Crippen LogP contribution in [0.1, 0.15) is 271 Å². The topological polar surface area (TPSA) is 78.9 Å². The van der Waals surface area contributed by atoms with Crippen molar-refractivity contribution in [3.63, 3.8) is 0 Å². The summed E-state index contributed by atoms with van der Waals surface area (Å²) < 4.78 is 16.8. The Balaban J connectivity index is 4.34. The molecule has 0 spiro atoms. The minimum Gasteiger partial charge on any atom is -0.462 e. The van der Waals surface area contributed by atoms with Crippen molar-refractivity contribution in [1.29, 1.82) is 0 Å². The van der Waals surface area contributed by atoms with E-state index >= 15 is 0 Å². The highest BCUT2D eigenvalue weighted by atomic mass is 16.6. The summed E-state index contributed by atoms with van der Waals surface area (Å²) in [4.78, 5) is 37.9. The number of hydrogen-bond acceptors (Lipinski definition) is 6. The van der Waals surface area contributed by atoms with Crippen molar-refractivity contribution in [2.75, 3.05) is 13.2 Å². The van der Waals surface area contributed by atoms with E-state index in [4.69, 9.17) is 14.2 Å². The normalized spacial score (nSPS) is 12.4. The fourth-order valence-corrected chi connectivity index (χ4v) is 7.63. The van der Waals surface area contributed by atoms with Gasteiger partial charge in [-0.25, -0.2) is 0 Å². The second kappa shape index (κ2) is 51.0. The van der Waals surface area contributed by atoms with Crippen molar-refractivity contribution < 1.29 is 28.6 Å². The molecule has 0 aromatic carbocycles. The van der Waals surface area contributed by atoms with E-state index in [1.807, 2.05) is 0 Å². The number of hydrogen-bond donors (Lipinski definition) is 0. The number of allylic oxidation sites excluding steroid dienone is 8. The maximum absolute atomic E-state index is 12.8. The molecule has 0 aliphatic carbocycles. The molecule has 62 heavy (non-hydrogen) atoms. The minimum absolute atomic E-state index is 0.0776. The van der Waals surface area contributed by atoms with Crippen LogP contribution in [0.4, 0.5) is 0 Å². The van der Waals surface area contributed by atoms with E-state index in [-0.39, 0.29) is 31.1 Å². The lowest BCUT2D eigenvalue weighted by Gasteiger charge is -2.18.